The van der Waals surface area contributed by atoms with Crippen LogP contribution in [0.2, 0.25) is 0 Å². The first-order valence-corrected chi connectivity index (χ1v) is 5.77. The predicted molar refractivity (Wildman–Crippen MR) is 68.4 cm³/mol. The van der Waals surface area contributed by atoms with E-state index in [0.717, 1.165) is 5.56 Å². The third-order valence-electron chi connectivity index (χ3n) is 3.05. The quantitative estimate of drug-likeness (QED) is 0.714. The smallest absolute Gasteiger partial charge is 0.265 e. The molecule has 0 aromatic heterocycles. The van der Waals surface area contributed by atoms with E-state index in [9.17, 15) is 9.59 Å². The Labute approximate surface area is 105 Å². The number of nitrogens with zero attached hydrogens (tertiary/aromatic N) is 1. The highest BCUT2D eigenvalue weighted by Gasteiger charge is 2.32. The third kappa shape index (κ3) is 1.61. The van der Waals surface area contributed by atoms with Gasteiger partial charge in [-0.15, -0.1) is 0 Å². The van der Waals surface area contributed by atoms with E-state index < -0.39 is 0 Å². The van der Waals surface area contributed by atoms with Gasteiger partial charge < -0.3 is 0 Å². The van der Waals surface area contributed by atoms with Gasteiger partial charge in [-0.05, 0) is 23.8 Å². The Morgan fingerprint density at radius 1 is 0.944 bits per heavy atom. The molecule has 0 atom stereocenters. The minimum Gasteiger partial charge on any atom is -0.274 e. The van der Waals surface area contributed by atoms with Gasteiger partial charge >= 0.3 is 0 Å². The molecule has 2 aromatic carbocycles. The minimum atomic E-state index is -0.259. The summed E-state index contributed by atoms with van der Waals surface area (Å²) >= 11 is 0. The first-order chi connectivity index (χ1) is 8.77. The number of benzene rings is 2. The van der Waals surface area contributed by atoms with Crippen molar-refractivity contribution in [2.75, 3.05) is 4.90 Å². The van der Waals surface area contributed by atoms with Gasteiger partial charge in [-0.1, -0.05) is 36.4 Å². The maximum atomic E-state index is 12.3. The minimum absolute atomic E-state index is 0.162. The number of imide groups is 1. The van der Waals surface area contributed by atoms with Crippen molar-refractivity contribution in [2.45, 2.75) is 6.42 Å². The van der Waals surface area contributed by atoms with Crippen LogP contribution in [0, 0.1) is 0 Å². The Hall–Kier alpha value is -2.42. The van der Waals surface area contributed by atoms with E-state index in [1.165, 1.54) is 4.90 Å². The molecule has 3 heteroatoms. The summed E-state index contributed by atoms with van der Waals surface area (Å²) in [4.78, 5) is 25.5. The third-order valence-corrected chi connectivity index (χ3v) is 3.05. The van der Waals surface area contributed by atoms with E-state index in [2.05, 4.69) is 0 Å². The Kier molecular flexibility index (Phi) is 2.45. The zero-order valence-corrected chi connectivity index (χ0v) is 9.67. The number of fused-ring (bicyclic) bond motifs is 1. The van der Waals surface area contributed by atoms with Crippen molar-refractivity contribution in [3.05, 3.63) is 65.7 Å². The van der Waals surface area contributed by atoms with Crippen molar-refractivity contribution in [2.24, 2.45) is 0 Å². The molecule has 2 amide bonds. The first-order valence-electron chi connectivity index (χ1n) is 5.77. The number of anilines is 1. The molecule has 18 heavy (non-hydrogen) atoms. The highest BCUT2D eigenvalue weighted by Crippen LogP contribution is 2.29. The standard InChI is InChI=1S/C15H11NO2/c17-14-10-12-8-4-5-9-13(12)16(14)15(18)11-6-2-1-3-7-11/h1-9H,10H2. The van der Waals surface area contributed by atoms with Crippen LogP contribution in [0.15, 0.2) is 54.6 Å². The second kappa shape index (κ2) is 4.11. The van der Waals surface area contributed by atoms with Gasteiger partial charge in [0.05, 0.1) is 12.1 Å². The Balaban J connectivity index is 2.03. The second-order valence-electron chi connectivity index (χ2n) is 4.21. The van der Waals surface area contributed by atoms with Crippen LogP contribution in [0.1, 0.15) is 15.9 Å². The van der Waals surface area contributed by atoms with Crippen molar-refractivity contribution >= 4 is 17.5 Å². The molecule has 0 saturated carbocycles. The molecule has 1 aliphatic heterocycles. The van der Waals surface area contributed by atoms with E-state index in [0.29, 0.717) is 17.7 Å². The van der Waals surface area contributed by atoms with E-state index in [1.807, 2.05) is 24.3 Å². The normalized spacial score (nSPS) is 13.6. The summed E-state index contributed by atoms with van der Waals surface area (Å²) < 4.78 is 0. The van der Waals surface area contributed by atoms with Gasteiger partial charge in [0.2, 0.25) is 5.91 Å². The maximum absolute atomic E-state index is 12.3. The summed E-state index contributed by atoms with van der Waals surface area (Å²) in [6.45, 7) is 0. The largest absolute Gasteiger partial charge is 0.274 e. The predicted octanol–water partition coefficient (Wildman–Crippen LogP) is 2.42. The monoisotopic (exact) mass is 237 g/mol. The van der Waals surface area contributed by atoms with Gasteiger partial charge in [-0.2, -0.15) is 0 Å². The molecular formula is C15H11NO2. The van der Waals surface area contributed by atoms with Crippen LogP contribution in [0.3, 0.4) is 0 Å². The second-order valence-corrected chi connectivity index (χ2v) is 4.21. The number of hydrogen-bond donors (Lipinski definition) is 0. The Bertz CT molecular complexity index is 619. The number of carbonyl (C=O) groups is 2. The maximum Gasteiger partial charge on any atom is 0.265 e. The molecule has 0 N–H and O–H groups in total. The molecule has 0 spiro atoms. The fourth-order valence-corrected chi connectivity index (χ4v) is 2.19. The molecule has 1 aliphatic rings. The van der Waals surface area contributed by atoms with Crippen molar-refractivity contribution in [3.8, 4) is 0 Å². The average Bonchev–Trinajstić information content (AvgIpc) is 2.75. The van der Waals surface area contributed by atoms with Crippen molar-refractivity contribution in [1.82, 2.24) is 0 Å². The number of amides is 2. The molecule has 88 valence electrons. The van der Waals surface area contributed by atoms with Gasteiger partial charge in [-0.25, -0.2) is 4.90 Å². The first kappa shape index (κ1) is 10.7. The molecular weight excluding hydrogens is 226 g/mol. The van der Waals surface area contributed by atoms with E-state index >= 15 is 0 Å². The number of carbonyl (C=O) groups excluding carboxylic acids is 2. The van der Waals surface area contributed by atoms with Gasteiger partial charge in [0.15, 0.2) is 0 Å². The number of para-hydroxylation sites is 1. The lowest BCUT2D eigenvalue weighted by Gasteiger charge is -2.15. The average molecular weight is 237 g/mol. The molecule has 3 nitrogen and oxygen atoms in total. The molecule has 0 bridgehead atoms. The number of rotatable bonds is 1. The zero-order valence-electron chi connectivity index (χ0n) is 9.67. The highest BCUT2D eigenvalue weighted by molar-refractivity contribution is 6.24. The number of hydrogen-bond acceptors (Lipinski definition) is 2. The molecule has 0 radical (unpaired) electrons. The fourth-order valence-electron chi connectivity index (χ4n) is 2.19. The molecule has 0 unspecified atom stereocenters. The van der Waals surface area contributed by atoms with Crippen molar-refractivity contribution in [3.63, 3.8) is 0 Å². The van der Waals surface area contributed by atoms with Crippen LogP contribution in [-0.4, -0.2) is 11.8 Å². The van der Waals surface area contributed by atoms with Gasteiger partial charge in [0, 0.05) is 5.56 Å². The lowest BCUT2D eigenvalue weighted by atomic mass is 10.1. The Morgan fingerprint density at radius 3 is 2.39 bits per heavy atom. The van der Waals surface area contributed by atoms with Crippen LogP contribution in [-0.2, 0) is 11.2 Å². The van der Waals surface area contributed by atoms with Gasteiger partial charge in [0.1, 0.15) is 0 Å². The summed E-state index contributed by atoms with van der Waals surface area (Å²) in [7, 11) is 0. The van der Waals surface area contributed by atoms with Gasteiger partial charge in [-0.3, -0.25) is 9.59 Å². The molecule has 0 saturated heterocycles. The fraction of sp³-hybridized carbons (Fsp3) is 0.0667. The molecule has 2 aromatic rings. The lowest BCUT2D eigenvalue weighted by molar-refractivity contribution is -0.116. The topological polar surface area (TPSA) is 37.4 Å². The summed E-state index contributed by atoms with van der Waals surface area (Å²) in [5, 5.41) is 0. The van der Waals surface area contributed by atoms with E-state index in [-0.39, 0.29) is 11.8 Å². The SMILES string of the molecule is O=C1Cc2ccccc2N1C(=O)c1ccccc1. The Morgan fingerprint density at radius 2 is 1.61 bits per heavy atom. The van der Waals surface area contributed by atoms with Crippen LogP contribution in [0.25, 0.3) is 0 Å². The van der Waals surface area contributed by atoms with Crippen molar-refractivity contribution in [1.29, 1.82) is 0 Å². The molecule has 3 rings (SSSR count). The summed E-state index contributed by atoms with van der Waals surface area (Å²) in [6, 6.07) is 16.3. The van der Waals surface area contributed by atoms with Crippen molar-refractivity contribution < 1.29 is 9.59 Å². The van der Waals surface area contributed by atoms with Gasteiger partial charge in [0.25, 0.3) is 5.91 Å². The van der Waals surface area contributed by atoms with Crippen LogP contribution in [0.5, 0.6) is 0 Å². The highest BCUT2D eigenvalue weighted by atomic mass is 16.2. The summed E-state index contributed by atoms with van der Waals surface area (Å²) in [5.41, 5.74) is 2.14. The zero-order chi connectivity index (χ0) is 12.5. The van der Waals surface area contributed by atoms with Crippen LogP contribution in [0.4, 0.5) is 5.69 Å². The van der Waals surface area contributed by atoms with E-state index in [1.54, 1.807) is 30.3 Å². The molecule has 0 fully saturated rings. The van der Waals surface area contributed by atoms with Crippen LogP contribution >= 0.6 is 0 Å². The van der Waals surface area contributed by atoms with E-state index in [4.69, 9.17) is 0 Å². The molecule has 1 heterocycles. The lowest BCUT2D eigenvalue weighted by Crippen LogP contribution is -2.33. The summed E-state index contributed by atoms with van der Waals surface area (Å²) in [5.74, 6) is -0.421. The summed E-state index contributed by atoms with van der Waals surface area (Å²) in [6.07, 6.45) is 0.300. The molecule has 0 aliphatic carbocycles. The van der Waals surface area contributed by atoms with Crippen LogP contribution < -0.4 is 4.90 Å².